The first kappa shape index (κ1) is 10.9. The van der Waals surface area contributed by atoms with Crippen LogP contribution in [-0.2, 0) is 0 Å². The molecule has 2 N–H and O–H groups in total. The molecular weight excluding hydrogens is 231 g/mol. The fourth-order valence-corrected chi connectivity index (χ4v) is 1.85. The molecular formula is C14H11FN2O. The molecule has 4 heteroatoms. The van der Waals surface area contributed by atoms with Crippen LogP contribution in [0, 0.1) is 5.82 Å². The topological polar surface area (TPSA) is 52.0 Å². The molecule has 0 amide bonds. The lowest BCUT2D eigenvalue weighted by Crippen LogP contribution is -2.11. The maximum Gasteiger partial charge on any atom is 0.217 e. The quantitative estimate of drug-likeness (QED) is 0.751. The third kappa shape index (κ3) is 1.87. The van der Waals surface area contributed by atoms with Gasteiger partial charge < -0.3 is 10.2 Å². The number of fused-ring (bicyclic) bond motifs is 1. The number of hydrogen-bond acceptors (Lipinski definition) is 3. The summed E-state index contributed by atoms with van der Waals surface area (Å²) < 4.78 is 18.6. The van der Waals surface area contributed by atoms with Gasteiger partial charge in [-0.3, -0.25) is 0 Å². The highest BCUT2D eigenvalue weighted by molar-refractivity contribution is 5.72. The number of aromatic nitrogens is 1. The van der Waals surface area contributed by atoms with Crippen molar-refractivity contribution in [2.45, 2.75) is 6.04 Å². The van der Waals surface area contributed by atoms with Crippen molar-refractivity contribution >= 4 is 11.1 Å². The van der Waals surface area contributed by atoms with E-state index in [2.05, 4.69) is 4.98 Å². The van der Waals surface area contributed by atoms with E-state index in [0.29, 0.717) is 17.0 Å². The van der Waals surface area contributed by atoms with Gasteiger partial charge in [-0.15, -0.1) is 0 Å². The maximum absolute atomic E-state index is 13.1. The molecule has 0 aliphatic heterocycles. The molecule has 0 aliphatic rings. The van der Waals surface area contributed by atoms with Gasteiger partial charge in [0.05, 0.1) is 0 Å². The molecule has 0 radical (unpaired) electrons. The van der Waals surface area contributed by atoms with E-state index in [0.717, 1.165) is 5.56 Å². The molecule has 0 spiro atoms. The van der Waals surface area contributed by atoms with Gasteiger partial charge in [-0.2, -0.15) is 0 Å². The number of halogens is 1. The molecule has 0 bridgehead atoms. The molecule has 1 aromatic heterocycles. The molecule has 2 aromatic carbocycles. The van der Waals surface area contributed by atoms with Gasteiger partial charge in [0, 0.05) is 6.07 Å². The Hall–Kier alpha value is -2.20. The number of oxazole rings is 1. The van der Waals surface area contributed by atoms with Crippen LogP contribution in [0.4, 0.5) is 4.39 Å². The Labute approximate surface area is 103 Å². The first-order valence-electron chi connectivity index (χ1n) is 5.60. The lowest BCUT2D eigenvalue weighted by molar-refractivity contribution is 0.504. The molecule has 3 nitrogen and oxygen atoms in total. The highest BCUT2D eigenvalue weighted by Crippen LogP contribution is 2.23. The molecule has 0 aliphatic carbocycles. The molecule has 1 unspecified atom stereocenters. The van der Waals surface area contributed by atoms with Crippen LogP contribution in [0.5, 0.6) is 0 Å². The predicted octanol–water partition coefficient (Wildman–Crippen LogP) is 3.02. The summed E-state index contributed by atoms with van der Waals surface area (Å²) in [5.74, 6) is 0.0532. The number of nitrogens with zero attached hydrogens (tertiary/aromatic N) is 1. The Kier molecular flexibility index (Phi) is 2.57. The molecule has 0 saturated carbocycles. The fourth-order valence-electron chi connectivity index (χ4n) is 1.85. The van der Waals surface area contributed by atoms with E-state index in [1.807, 2.05) is 30.3 Å². The van der Waals surface area contributed by atoms with Crippen molar-refractivity contribution in [3.8, 4) is 0 Å². The van der Waals surface area contributed by atoms with E-state index in [4.69, 9.17) is 10.2 Å². The number of benzene rings is 2. The van der Waals surface area contributed by atoms with Crippen LogP contribution < -0.4 is 5.73 Å². The maximum atomic E-state index is 13.1. The second-order valence-electron chi connectivity index (χ2n) is 4.05. The molecule has 1 atom stereocenters. The van der Waals surface area contributed by atoms with Crippen LogP contribution in [-0.4, -0.2) is 4.98 Å². The van der Waals surface area contributed by atoms with Gasteiger partial charge in [-0.25, -0.2) is 9.37 Å². The summed E-state index contributed by atoms with van der Waals surface area (Å²) in [6.45, 7) is 0. The minimum Gasteiger partial charge on any atom is -0.439 e. The van der Waals surface area contributed by atoms with Crippen LogP contribution in [0.2, 0.25) is 0 Å². The van der Waals surface area contributed by atoms with E-state index >= 15 is 0 Å². The number of nitrogens with two attached hydrogens (primary N) is 1. The van der Waals surface area contributed by atoms with Crippen LogP contribution in [0.1, 0.15) is 17.5 Å². The largest absolute Gasteiger partial charge is 0.439 e. The minimum absolute atomic E-state index is 0.337. The van der Waals surface area contributed by atoms with Crippen LogP contribution in [0.3, 0.4) is 0 Å². The van der Waals surface area contributed by atoms with Crippen LogP contribution in [0.25, 0.3) is 11.1 Å². The predicted molar refractivity (Wildman–Crippen MR) is 66.4 cm³/mol. The van der Waals surface area contributed by atoms with E-state index in [1.54, 1.807) is 6.07 Å². The van der Waals surface area contributed by atoms with Crippen molar-refractivity contribution in [1.82, 2.24) is 4.98 Å². The molecule has 3 rings (SSSR count). The molecule has 1 heterocycles. The van der Waals surface area contributed by atoms with Crippen LogP contribution >= 0.6 is 0 Å². The second kappa shape index (κ2) is 4.23. The Morgan fingerprint density at radius 3 is 2.67 bits per heavy atom. The van der Waals surface area contributed by atoms with E-state index < -0.39 is 6.04 Å². The summed E-state index contributed by atoms with van der Waals surface area (Å²) in [5.41, 5.74) is 8.00. The second-order valence-corrected chi connectivity index (χ2v) is 4.05. The smallest absolute Gasteiger partial charge is 0.217 e. The first-order valence-corrected chi connectivity index (χ1v) is 5.60. The Morgan fingerprint density at radius 2 is 1.89 bits per heavy atom. The van der Waals surface area contributed by atoms with Crippen molar-refractivity contribution in [3.63, 3.8) is 0 Å². The monoisotopic (exact) mass is 242 g/mol. The highest BCUT2D eigenvalue weighted by atomic mass is 19.1. The zero-order chi connectivity index (χ0) is 12.5. The standard InChI is InChI=1S/C14H11FN2O/c15-10-6-7-12-11(8-10)17-14(18-12)13(16)9-4-2-1-3-5-9/h1-8,13H,16H2. The Balaban J connectivity index is 2.04. The zero-order valence-electron chi connectivity index (χ0n) is 9.51. The summed E-state index contributed by atoms with van der Waals surface area (Å²) in [7, 11) is 0. The summed E-state index contributed by atoms with van der Waals surface area (Å²) in [4.78, 5) is 4.22. The van der Waals surface area contributed by atoms with E-state index in [-0.39, 0.29) is 5.82 Å². The molecule has 0 saturated heterocycles. The van der Waals surface area contributed by atoms with Crippen molar-refractivity contribution in [2.75, 3.05) is 0 Å². The van der Waals surface area contributed by atoms with Gasteiger partial charge in [-0.1, -0.05) is 30.3 Å². The summed E-state index contributed by atoms with van der Waals surface area (Å²) >= 11 is 0. The molecule has 18 heavy (non-hydrogen) atoms. The van der Waals surface area contributed by atoms with Gasteiger partial charge in [0.2, 0.25) is 5.89 Å². The molecule has 90 valence electrons. The SMILES string of the molecule is NC(c1ccccc1)c1nc2cc(F)ccc2o1. The summed E-state index contributed by atoms with van der Waals surface area (Å²) in [5, 5.41) is 0. The van der Waals surface area contributed by atoms with Crippen LogP contribution in [0.15, 0.2) is 52.9 Å². The first-order chi connectivity index (χ1) is 8.74. The lowest BCUT2D eigenvalue weighted by atomic mass is 10.1. The zero-order valence-corrected chi connectivity index (χ0v) is 9.51. The average molecular weight is 242 g/mol. The van der Waals surface area contributed by atoms with Gasteiger partial charge >= 0.3 is 0 Å². The van der Waals surface area contributed by atoms with E-state index in [9.17, 15) is 4.39 Å². The number of hydrogen-bond donors (Lipinski definition) is 1. The summed E-state index contributed by atoms with van der Waals surface area (Å²) in [6.07, 6.45) is 0. The van der Waals surface area contributed by atoms with Crippen molar-refractivity contribution in [3.05, 3.63) is 65.8 Å². The Bertz CT molecular complexity index is 679. The molecule has 3 aromatic rings. The highest BCUT2D eigenvalue weighted by Gasteiger charge is 2.15. The summed E-state index contributed by atoms with van der Waals surface area (Å²) in [6, 6.07) is 13.3. The van der Waals surface area contributed by atoms with Gasteiger partial charge in [0.15, 0.2) is 5.58 Å². The lowest BCUT2D eigenvalue weighted by Gasteiger charge is -2.06. The Morgan fingerprint density at radius 1 is 1.11 bits per heavy atom. The third-order valence-corrected chi connectivity index (χ3v) is 2.79. The van der Waals surface area contributed by atoms with Gasteiger partial charge in [-0.05, 0) is 17.7 Å². The van der Waals surface area contributed by atoms with E-state index in [1.165, 1.54) is 12.1 Å². The third-order valence-electron chi connectivity index (χ3n) is 2.79. The minimum atomic E-state index is -0.443. The number of rotatable bonds is 2. The normalized spacial score (nSPS) is 12.8. The molecule has 0 fully saturated rings. The van der Waals surface area contributed by atoms with Gasteiger partial charge in [0.1, 0.15) is 17.4 Å². The van der Waals surface area contributed by atoms with Gasteiger partial charge in [0.25, 0.3) is 0 Å². The van der Waals surface area contributed by atoms with Crippen molar-refractivity contribution in [1.29, 1.82) is 0 Å². The van der Waals surface area contributed by atoms with Crippen molar-refractivity contribution < 1.29 is 8.81 Å². The fraction of sp³-hybridized carbons (Fsp3) is 0.0714. The van der Waals surface area contributed by atoms with Crippen molar-refractivity contribution in [2.24, 2.45) is 5.73 Å². The average Bonchev–Trinajstić information content (AvgIpc) is 2.81.